The third-order valence-electron chi connectivity index (χ3n) is 6.84. The van der Waals surface area contributed by atoms with Crippen molar-refractivity contribution in [1.29, 1.82) is 0 Å². The molecule has 1 aliphatic rings. The average Bonchev–Trinajstić information content (AvgIpc) is 3.56. The first-order valence-electron chi connectivity index (χ1n) is 11.8. The lowest BCUT2D eigenvalue weighted by Gasteiger charge is -2.45. The van der Waals surface area contributed by atoms with E-state index >= 15 is 0 Å². The SMILES string of the molecule is C=C[C@H](O[Si](C(C)C)(C(C)C)C(C)C)[C@@H](C)C[C@H](OCc1ccc(OC)cc1)[C@@H]1CO1. The van der Waals surface area contributed by atoms with Gasteiger partial charge in [0.15, 0.2) is 0 Å². The van der Waals surface area contributed by atoms with E-state index in [1.165, 1.54) is 0 Å². The summed E-state index contributed by atoms with van der Waals surface area (Å²) in [6.45, 7) is 21.7. The Bertz CT molecular complexity index is 645. The lowest BCUT2D eigenvalue weighted by molar-refractivity contribution is -0.00251. The first kappa shape index (κ1) is 26.1. The molecule has 0 aliphatic carbocycles. The summed E-state index contributed by atoms with van der Waals surface area (Å²) in [7, 11) is -0.291. The van der Waals surface area contributed by atoms with Crippen LogP contribution in [0.5, 0.6) is 5.75 Å². The Morgan fingerprint density at radius 1 is 1.03 bits per heavy atom. The highest BCUT2D eigenvalue weighted by Crippen LogP contribution is 2.44. The van der Waals surface area contributed by atoms with Crippen LogP contribution in [0.15, 0.2) is 36.9 Å². The predicted molar refractivity (Wildman–Crippen MR) is 131 cm³/mol. The Hall–Kier alpha value is -1.14. The molecule has 0 N–H and O–H groups in total. The van der Waals surface area contributed by atoms with Crippen molar-refractivity contribution in [3.05, 3.63) is 42.5 Å². The van der Waals surface area contributed by atoms with Crippen molar-refractivity contribution in [2.24, 2.45) is 5.92 Å². The summed E-state index contributed by atoms with van der Waals surface area (Å²) in [6, 6.07) is 8.05. The fraction of sp³-hybridized carbons (Fsp3) is 0.692. The maximum Gasteiger partial charge on any atom is 0.201 e. The highest BCUT2D eigenvalue weighted by atomic mass is 28.4. The normalized spacial score (nSPS) is 19.5. The molecular formula is C26H44O4Si. The largest absolute Gasteiger partial charge is 0.497 e. The molecule has 1 fully saturated rings. The third kappa shape index (κ3) is 6.67. The van der Waals surface area contributed by atoms with Crippen molar-refractivity contribution in [3.8, 4) is 5.75 Å². The van der Waals surface area contributed by atoms with Crippen molar-refractivity contribution in [1.82, 2.24) is 0 Å². The van der Waals surface area contributed by atoms with Gasteiger partial charge in [-0.15, -0.1) is 6.58 Å². The maximum atomic E-state index is 7.03. The van der Waals surface area contributed by atoms with Gasteiger partial charge >= 0.3 is 0 Å². The van der Waals surface area contributed by atoms with Crippen LogP contribution < -0.4 is 4.74 Å². The van der Waals surface area contributed by atoms with E-state index < -0.39 is 8.32 Å². The number of hydrogen-bond donors (Lipinski definition) is 0. The molecule has 1 heterocycles. The minimum Gasteiger partial charge on any atom is -0.497 e. The minimum atomic E-state index is -1.97. The minimum absolute atomic E-state index is 0.0321. The fourth-order valence-corrected chi connectivity index (χ4v) is 10.7. The number of rotatable bonds is 14. The number of hydrogen-bond acceptors (Lipinski definition) is 4. The quantitative estimate of drug-likeness (QED) is 0.179. The highest BCUT2D eigenvalue weighted by Gasteiger charge is 2.47. The van der Waals surface area contributed by atoms with Gasteiger partial charge in [-0.2, -0.15) is 0 Å². The van der Waals surface area contributed by atoms with Crippen LogP contribution >= 0.6 is 0 Å². The zero-order valence-electron chi connectivity index (χ0n) is 20.9. The zero-order valence-corrected chi connectivity index (χ0v) is 21.9. The second kappa shape index (κ2) is 11.6. The Balaban J connectivity index is 2.05. The van der Waals surface area contributed by atoms with Crippen molar-refractivity contribution < 1.29 is 18.6 Å². The molecule has 0 amide bonds. The predicted octanol–water partition coefficient (Wildman–Crippen LogP) is 6.75. The van der Waals surface area contributed by atoms with Crippen LogP contribution in [0.25, 0.3) is 0 Å². The Kier molecular flexibility index (Phi) is 9.81. The van der Waals surface area contributed by atoms with Crippen molar-refractivity contribution in [3.63, 3.8) is 0 Å². The molecule has 176 valence electrons. The monoisotopic (exact) mass is 448 g/mol. The van der Waals surface area contributed by atoms with E-state index in [1.54, 1.807) is 7.11 Å². The molecule has 0 spiro atoms. The van der Waals surface area contributed by atoms with Crippen LogP contribution in [0.1, 0.15) is 60.5 Å². The number of methoxy groups -OCH3 is 1. The molecule has 4 nitrogen and oxygen atoms in total. The highest BCUT2D eigenvalue weighted by molar-refractivity contribution is 6.77. The summed E-state index contributed by atoms with van der Waals surface area (Å²) in [5.74, 6) is 1.17. The van der Waals surface area contributed by atoms with E-state index in [0.29, 0.717) is 29.1 Å². The first-order chi connectivity index (χ1) is 14.6. The molecule has 4 atom stereocenters. The molecular weight excluding hydrogens is 404 g/mol. The molecule has 1 aromatic rings. The molecule has 5 heteroatoms. The summed E-state index contributed by atoms with van der Waals surface area (Å²) in [4.78, 5) is 0. The van der Waals surface area contributed by atoms with Crippen molar-refractivity contribution in [2.45, 2.75) is 96.4 Å². The lowest BCUT2D eigenvalue weighted by Crippen LogP contribution is -2.51. The van der Waals surface area contributed by atoms with Crippen molar-refractivity contribution >= 4 is 8.32 Å². The molecule has 31 heavy (non-hydrogen) atoms. The second-order valence-corrected chi connectivity index (χ2v) is 15.3. The Morgan fingerprint density at radius 2 is 1.58 bits per heavy atom. The van der Waals surface area contributed by atoms with Gasteiger partial charge in [-0.3, -0.25) is 0 Å². The van der Waals surface area contributed by atoms with Crippen LogP contribution in [0, 0.1) is 5.92 Å². The van der Waals surface area contributed by atoms with Gasteiger partial charge in [0.25, 0.3) is 0 Å². The fourth-order valence-electron chi connectivity index (χ4n) is 5.06. The first-order valence-corrected chi connectivity index (χ1v) is 14.0. The smallest absolute Gasteiger partial charge is 0.201 e. The Morgan fingerprint density at radius 3 is 2.00 bits per heavy atom. The Labute approximate surface area is 191 Å². The third-order valence-corrected chi connectivity index (χ3v) is 12.9. The van der Waals surface area contributed by atoms with Gasteiger partial charge in [0.1, 0.15) is 11.9 Å². The van der Waals surface area contributed by atoms with Crippen LogP contribution in [-0.2, 0) is 20.5 Å². The molecule has 1 saturated heterocycles. The number of ether oxygens (including phenoxy) is 3. The van der Waals surface area contributed by atoms with Crippen molar-refractivity contribution in [2.75, 3.05) is 13.7 Å². The molecule has 0 saturated carbocycles. The van der Waals surface area contributed by atoms with E-state index in [1.807, 2.05) is 18.2 Å². The van der Waals surface area contributed by atoms with Gasteiger partial charge in [0.05, 0.1) is 32.5 Å². The summed E-state index contributed by atoms with van der Waals surface area (Å²) in [5, 5.41) is 0. The molecule has 0 bridgehead atoms. The standard InChI is InChI=1S/C26H44O4Si/c1-10-24(30-31(18(2)3,19(4)5)20(6)7)21(8)15-25(26-17-29-26)28-16-22-11-13-23(27-9)14-12-22/h10-14,18-21,24-26H,1,15-17H2,2-9H3/t21-,24-,25-,26-/m0/s1. The molecule has 2 rings (SSSR count). The molecule has 1 aliphatic heterocycles. The maximum absolute atomic E-state index is 7.03. The van der Waals surface area contributed by atoms with E-state index in [2.05, 4.69) is 67.2 Å². The topological polar surface area (TPSA) is 40.2 Å². The van der Waals surface area contributed by atoms with Crippen LogP contribution in [0.2, 0.25) is 16.6 Å². The van der Waals surface area contributed by atoms with Gasteiger partial charge in [-0.25, -0.2) is 0 Å². The van der Waals surface area contributed by atoms with E-state index in [9.17, 15) is 0 Å². The van der Waals surface area contributed by atoms with Gasteiger partial charge in [0.2, 0.25) is 8.32 Å². The molecule has 0 radical (unpaired) electrons. The number of benzene rings is 1. The van der Waals surface area contributed by atoms with E-state index in [0.717, 1.165) is 24.3 Å². The van der Waals surface area contributed by atoms with E-state index in [4.69, 9.17) is 18.6 Å². The van der Waals surface area contributed by atoms with Crippen LogP contribution in [0.4, 0.5) is 0 Å². The van der Waals surface area contributed by atoms with Gasteiger partial charge in [0, 0.05) is 0 Å². The molecule has 0 unspecified atom stereocenters. The summed E-state index contributed by atoms with van der Waals surface area (Å²) in [5.41, 5.74) is 2.80. The second-order valence-electron chi connectivity index (χ2n) is 9.92. The number of epoxide rings is 1. The van der Waals surface area contributed by atoms with Gasteiger partial charge in [-0.05, 0) is 46.7 Å². The summed E-state index contributed by atoms with van der Waals surface area (Å²) < 4.78 is 24.2. The average molecular weight is 449 g/mol. The van der Waals surface area contributed by atoms with Gasteiger partial charge < -0.3 is 18.6 Å². The van der Waals surface area contributed by atoms with Gasteiger partial charge in [-0.1, -0.05) is 66.7 Å². The zero-order chi connectivity index (χ0) is 23.2. The summed E-state index contributed by atoms with van der Waals surface area (Å²) in [6.07, 6.45) is 3.19. The van der Waals surface area contributed by atoms with Crippen LogP contribution in [-0.4, -0.2) is 40.3 Å². The lowest BCUT2D eigenvalue weighted by atomic mass is 9.96. The van der Waals surface area contributed by atoms with Crippen LogP contribution in [0.3, 0.4) is 0 Å². The molecule has 1 aromatic carbocycles. The summed E-state index contributed by atoms with van der Waals surface area (Å²) >= 11 is 0. The van der Waals surface area contributed by atoms with E-state index in [-0.39, 0.29) is 18.3 Å². The molecule has 0 aromatic heterocycles.